The second-order valence-electron chi connectivity index (χ2n) is 5.68. The van der Waals surface area contributed by atoms with Gasteiger partial charge < -0.3 is 9.73 Å². The lowest BCUT2D eigenvalue weighted by Gasteiger charge is -2.33. The average Bonchev–Trinajstić information content (AvgIpc) is 2.82. The Morgan fingerprint density at radius 3 is 2.78 bits per heavy atom. The van der Waals surface area contributed by atoms with Gasteiger partial charge in [-0.25, -0.2) is 0 Å². The molecule has 0 spiro atoms. The van der Waals surface area contributed by atoms with Gasteiger partial charge in [-0.3, -0.25) is 0 Å². The van der Waals surface area contributed by atoms with Gasteiger partial charge in [-0.1, -0.05) is 33.1 Å². The van der Waals surface area contributed by atoms with Crippen molar-refractivity contribution >= 4 is 0 Å². The molecule has 0 radical (unpaired) electrons. The Labute approximate surface area is 111 Å². The van der Waals surface area contributed by atoms with Crippen LogP contribution < -0.4 is 5.32 Å². The molecule has 2 heteroatoms. The Morgan fingerprint density at radius 1 is 1.33 bits per heavy atom. The molecule has 3 atom stereocenters. The van der Waals surface area contributed by atoms with Crippen molar-refractivity contribution in [1.82, 2.24) is 5.32 Å². The van der Waals surface area contributed by atoms with Crippen LogP contribution in [-0.4, -0.2) is 6.54 Å². The van der Waals surface area contributed by atoms with E-state index in [1.165, 1.54) is 32.1 Å². The van der Waals surface area contributed by atoms with Crippen molar-refractivity contribution in [3.05, 3.63) is 23.7 Å². The summed E-state index contributed by atoms with van der Waals surface area (Å²) in [4.78, 5) is 0. The van der Waals surface area contributed by atoms with E-state index in [1.807, 2.05) is 6.92 Å². The van der Waals surface area contributed by atoms with Crippen molar-refractivity contribution < 1.29 is 4.42 Å². The molecule has 0 bridgehead atoms. The Bertz CT molecular complexity index is 358. The van der Waals surface area contributed by atoms with Gasteiger partial charge >= 0.3 is 0 Å². The zero-order valence-corrected chi connectivity index (χ0v) is 12.0. The molecule has 0 amide bonds. The molecule has 0 aliphatic heterocycles. The second kappa shape index (κ2) is 6.42. The van der Waals surface area contributed by atoms with Crippen LogP contribution in [-0.2, 0) is 0 Å². The summed E-state index contributed by atoms with van der Waals surface area (Å²) in [6.45, 7) is 7.55. The van der Waals surface area contributed by atoms with Crippen LogP contribution in [0.15, 0.2) is 16.5 Å². The lowest BCUT2D eigenvalue weighted by atomic mass is 9.76. The topological polar surface area (TPSA) is 25.2 Å². The first-order valence-corrected chi connectivity index (χ1v) is 7.54. The van der Waals surface area contributed by atoms with Crippen LogP contribution in [0.5, 0.6) is 0 Å². The Balaban J connectivity index is 2.09. The SMILES string of the molecule is CCNC(c1ccc(C)o1)C1CCCC(CC)C1. The van der Waals surface area contributed by atoms with Gasteiger partial charge in [-0.15, -0.1) is 0 Å². The van der Waals surface area contributed by atoms with Gasteiger partial charge in [-0.2, -0.15) is 0 Å². The molecule has 3 unspecified atom stereocenters. The number of nitrogens with one attached hydrogen (secondary N) is 1. The Kier molecular flexibility index (Phi) is 4.87. The number of furan rings is 1. The van der Waals surface area contributed by atoms with Crippen LogP contribution >= 0.6 is 0 Å². The van der Waals surface area contributed by atoms with Gasteiger partial charge in [0.1, 0.15) is 11.5 Å². The molecule has 0 aromatic carbocycles. The van der Waals surface area contributed by atoms with E-state index in [-0.39, 0.29) is 0 Å². The van der Waals surface area contributed by atoms with E-state index in [0.717, 1.165) is 29.9 Å². The first-order valence-electron chi connectivity index (χ1n) is 7.54. The zero-order chi connectivity index (χ0) is 13.0. The predicted octanol–water partition coefficient (Wildman–Crippen LogP) is 4.46. The molecule has 102 valence electrons. The minimum atomic E-state index is 0.415. The van der Waals surface area contributed by atoms with Gasteiger partial charge in [0, 0.05) is 0 Å². The van der Waals surface area contributed by atoms with E-state index in [1.54, 1.807) is 0 Å². The third kappa shape index (κ3) is 3.17. The van der Waals surface area contributed by atoms with Crippen molar-refractivity contribution in [1.29, 1.82) is 0 Å². The first kappa shape index (κ1) is 13.7. The van der Waals surface area contributed by atoms with Crippen molar-refractivity contribution in [2.75, 3.05) is 6.54 Å². The molecule has 1 N–H and O–H groups in total. The molecule has 0 saturated heterocycles. The Morgan fingerprint density at radius 2 is 2.17 bits per heavy atom. The fourth-order valence-electron chi connectivity index (χ4n) is 3.35. The van der Waals surface area contributed by atoms with E-state index < -0.39 is 0 Å². The van der Waals surface area contributed by atoms with Crippen LogP contribution in [0.2, 0.25) is 0 Å². The second-order valence-corrected chi connectivity index (χ2v) is 5.68. The summed E-state index contributed by atoms with van der Waals surface area (Å²) in [7, 11) is 0. The summed E-state index contributed by atoms with van der Waals surface area (Å²) >= 11 is 0. The number of rotatable bonds is 5. The quantitative estimate of drug-likeness (QED) is 0.833. The number of hydrogen-bond acceptors (Lipinski definition) is 2. The summed E-state index contributed by atoms with van der Waals surface area (Å²) in [6, 6.07) is 4.65. The fourth-order valence-corrected chi connectivity index (χ4v) is 3.35. The maximum atomic E-state index is 5.86. The maximum absolute atomic E-state index is 5.86. The third-order valence-corrected chi connectivity index (χ3v) is 4.36. The molecule has 1 aromatic rings. The van der Waals surface area contributed by atoms with Crippen LogP contribution in [0, 0.1) is 18.8 Å². The molecule has 1 aliphatic carbocycles. The highest BCUT2D eigenvalue weighted by Gasteiger charge is 2.29. The summed E-state index contributed by atoms with van der Waals surface area (Å²) in [5.74, 6) is 3.82. The largest absolute Gasteiger partial charge is 0.465 e. The number of aryl methyl sites for hydroxylation is 1. The van der Waals surface area contributed by atoms with Crippen molar-refractivity contribution in [3.63, 3.8) is 0 Å². The minimum Gasteiger partial charge on any atom is -0.465 e. The highest BCUT2D eigenvalue weighted by molar-refractivity contribution is 5.11. The van der Waals surface area contributed by atoms with Gasteiger partial charge in [0.25, 0.3) is 0 Å². The molecule has 2 nitrogen and oxygen atoms in total. The smallest absolute Gasteiger partial charge is 0.121 e. The van der Waals surface area contributed by atoms with Crippen LogP contribution in [0.25, 0.3) is 0 Å². The highest BCUT2D eigenvalue weighted by Crippen LogP contribution is 2.38. The van der Waals surface area contributed by atoms with Gasteiger partial charge in [-0.05, 0) is 50.3 Å². The molecular formula is C16H27NO. The maximum Gasteiger partial charge on any atom is 0.121 e. The molecule has 1 heterocycles. The van der Waals surface area contributed by atoms with Crippen molar-refractivity contribution in [2.45, 2.75) is 58.9 Å². The van der Waals surface area contributed by atoms with E-state index in [9.17, 15) is 0 Å². The minimum absolute atomic E-state index is 0.415. The van der Waals surface area contributed by atoms with E-state index in [2.05, 4.69) is 31.3 Å². The molecule has 1 saturated carbocycles. The Hall–Kier alpha value is -0.760. The molecule has 1 aliphatic rings. The standard InChI is InChI=1S/C16H27NO/c1-4-13-7-6-8-14(11-13)16(17-5-2)15-10-9-12(3)18-15/h9-10,13-14,16-17H,4-8,11H2,1-3H3. The van der Waals surface area contributed by atoms with Gasteiger partial charge in [0.15, 0.2) is 0 Å². The summed E-state index contributed by atoms with van der Waals surface area (Å²) in [5.41, 5.74) is 0. The van der Waals surface area contributed by atoms with E-state index >= 15 is 0 Å². The van der Waals surface area contributed by atoms with Crippen LogP contribution in [0.3, 0.4) is 0 Å². The summed E-state index contributed by atoms with van der Waals surface area (Å²) < 4.78 is 5.86. The third-order valence-electron chi connectivity index (χ3n) is 4.36. The highest BCUT2D eigenvalue weighted by atomic mass is 16.3. The van der Waals surface area contributed by atoms with Gasteiger partial charge in [0.2, 0.25) is 0 Å². The molecule has 1 fully saturated rings. The predicted molar refractivity (Wildman–Crippen MR) is 75.6 cm³/mol. The molecule has 2 rings (SSSR count). The molecular weight excluding hydrogens is 222 g/mol. The number of hydrogen-bond donors (Lipinski definition) is 1. The van der Waals surface area contributed by atoms with E-state index in [4.69, 9.17) is 4.42 Å². The van der Waals surface area contributed by atoms with Crippen molar-refractivity contribution in [3.8, 4) is 0 Å². The fraction of sp³-hybridized carbons (Fsp3) is 0.750. The van der Waals surface area contributed by atoms with Gasteiger partial charge in [0.05, 0.1) is 6.04 Å². The zero-order valence-electron chi connectivity index (χ0n) is 12.0. The van der Waals surface area contributed by atoms with Crippen LogP contribution in [0.1, 0.15) is 63.5 Å². The summed E-state index contributed by atoms with van der Waals surface area (Å²) in [5, 5.41) is 3.63. The van der Waals surface area contributed by atoms with Crippen LogP contribution in [0.4, 0.5) is 0 Å². The first-order chi connectivity index (χ1) is 8.74. The molecule has 18 heavy (non-hydrogen) atoms. The lowest BCUT2D eigenvalue weighted by molar-refractivity contribution is 0.194. The summed E-state index contributed by atoms with van der Waals surface area (Å²) in [6.07, 6.45) is 6.82. The monoisotopic (exact) mass is 249 g/mol. The normalized spacial score (nSPS) is 26.2. The lowest BCUT2D eigenvalue weighted by Crippen LogP contribution is -2.31. The van der Waals surface area contributed by atoms with E-state index in [0.29, 0.717) is 6.04 Å². The van der Waals surface area contributed by atoms with Crippen molar-refractivity contribution in [2.24, 2.45) is 11.8 Å². The molecule has 1 aromatic heterocycles. The average molecular weight is 249 g/mol.